The first-order valence-corrected chi connectivity index (χ1v) is 8.40. The molecule has 0 bridgehead atoms. The fourth-order valence-corrected chi connectivity index (χ4v) is 3.11. The second kappa shape index (κ2) is 7.85. The Labute approximate surface area is 143 Å². The molecule has 0 radical (unpaired) electrons. The Morgan fingerprint density at radius 2 is 1.92 bits per heavy atom. The summed E-state index contributed by atoms with van der Waals surface area (Å²) in [5.41, 5.74) is 3.18. The third kappa shape index (κ3) is 4.06. The maximum atomic E-state index is 8.84. The van der Waals surface area contributed by atoms with Crippen LogP contribution in [0.15, 0.2) is 48.5 Å². The van der Waals surface area contributed by atoms with Crippen molar-refractivity contribution in [3.05, 3.63) is 59.7 Å². The van der Waals surface area contributed by atoms with Gasteiger partial charge in [-0.1, -0.05) is 18.2 Å². The lowest BCUT2D eigenvalue weighted by Crippen LogP contribution is -2.42. The Morgan fingerprint density at radius 3 is 2.58 bits per heavy atom. The molecule has 0 aliphatic carbocycles. The van der Waals surface area contributed by atoms with E-state index in [9.17, 15) is 0 Å². The molecule has 2 aromatic carbocycles. The number of nitrogens with one attached hydrogen (secondary N) is 1. The van der Waals surface area contributed by atoms with E-state index in [-0.39, 0.29) is 0 Å². The number of anilines is 1. The summed E-state index contributed by atoms with van der Waals surface area (Å²) >= 11 is 0. The third-order valence-corrected chi connectivity index (χ3v) is 4.59. The van der Waals surface area contributed by atoms with Gasteiger partial charge < -0.3 is 15.0 Å². The van der Waals surface area contributed by atoms with Crippen molar-refractivity contribution < 1.29 is 4.74 Å². The van der Waals surface area contributed by atoms with Gasteiger partial charge in [0.25, 0.3) is 0 Å². The van der Waals surface area contributed by atoms with E-state index < -0.39 is 0 Å². The van der Waals surface area contributed by atoms with Gasteiger partial charge in [-0.3, -0.25) is 0 Å². The van der Waals surface area contributed by atoms with E-state index >= 15 is 0 Å². The standard InChI is InChI=1S/C20H23N3O/c1-24-20-4-2-3-19(13-20)23-11-9-18(10-12-23)22-15-17-7-5-16(14-21)6-8-17/h2-8,13,18,22H,9-12,15H2,1H3. The monoisotopic (exact) mass is 321 g/mol. The summed E-state index contributed by atoms with van der Waals surface area (Å²) in [5, 5.41) is 12.5. The summed E-state index contributed by atoms with van der Waals surface area (Å²) in [5.74, 6) is 0.911. The van der Waals surface area contributed by atoms with Crippen molar-refractivity contribution >= 4 is 5.69 Å². The van der Waals surface area contributed by atoms with E-state index in [0.717, 1.165) is 38.2 Å². The number of nitrogens with zero attached hydrogens (tertiary/aromatic N) is 2. The molecule has 0 spiro atoms. The number of ether oxygens (including phenoxy) is 1. The number of hydrogen-bond acceptors (Lipinski definition) is 4. The molecule has 0 atom stereocenters. The van der Waals surface area contributed by atoms with Gasteiger partial charge in [0.2, 0.25) is 0 Å². The third-order valence-electron chi connectivity index (χ3n) is 4.59. The lowest BCUT2D eigenvalue weighted by Gasteiger charge is -2.34. The van der Waals surface area contributed by atoms with Crippen molar-refractivity contribution in [3.63, 3.8) is 0 Å². The van der Waals surface area contributed by atoms with E-state index in [0.29, 0.717) is 11.6 Å². The maximum Gasteiger partial charge on any atom is 0.120 e. The molecule has 0 aromatic heterocycles. The number of nitriles is 1. The van der Waals surface area contributed by atoms with Crippen LogP contribution in [0, 0.1) is 11.3 Å². The second-order valence-electron chi connectivity index (χ2n) is 6.15. The smallest absolute Gasteiger partial charge is 0.120 e. The average molecular weight is 321 g/mol. The first kappa shape index (κ1) is 16.4. The summed E-state index contributed by atoms with van der Waals surface area (Å²) in [4.78, 5) is 2.42. The molecule has 1 saturated heterocycles. The minimum Gasteiger partial charge on any atom is -0.497 e. The highest BCUT2D eigenvalue weighted by atomic mass is 16.5. The quantitative estimate of drug-likeness (QED) is 0.918. The number of benzene rings is 2. The maximum absolute atomic E-state index is 8.84. The van der Waals surface area contributed by atoms with Crippen LogP contribution < -0.4 is 15.0 Å². The van der Waals surface area contributed by atoms with Crippen LogP contribution in [0.5, 0.6) is 5.75 Å². The van der Waals surface area contributed by atoms with E-state index in [1.165, 1.54) is 11.3 Å². The second-order valence-corrected chi connectivity index (χ2v) is 6.15. The van der Waals surface area contributed by atoms with E-state index in [1.807, 2.05) is 36.4 Å². The molecule has 4 heteroatoms. The molecule has 1 fully saturated rings. The predicted octanol–water partition coefficient (Wildman–Crippen LogP) is 3.33. The Balaban J connectivity index is 1.48. The first-order valence-electron chi connectivity index (χ1n) is 8.40. The predicted molar refractivity (Wildman–Crippen MR) is 96.2 cm³/mol. The van der Waals surface area contributed by atoms with Gasteiger partial charge in [-0.15, -0.1) is 0 Å². The van der Waals surface area contributed by atoms with Crippen LogP contribution in [-0.4, -0.2) is 26.2 Å². The molecular formula is C20H23N3O. The zero-order valence-electron chi connectivity index (χ0n) is 14.0. The molecule has 1 aliphatic rings. The molecule has 0 amide bonds. The summed E-state index contributed by atoms with van der Waals surface area (Å²) in [6.45, 7) is 2.96. The fourth-order valence-electron chi connectivity index (χ4n) is 3.11. The zero-order valence-corrected chi connectivity index (χ0v) is 14.0. The Kier molecular flexibility index (Phi) is 5.35. The normalized spacial score (nSPS) is 15.1. The topological polar surface area (TPSA) is 48.3 Å². The Bertz CT molecular complexity index is 698. The number of hydrogen-bond donors (Lipinski definition) is 1. The van der Waals surface area contributed by atoms with Crippen LogP contribution in [0.4, 0.5) is 5.69 Å². The number of rotatable bonds is 5. The molecule has 24 heavy (non-hydrogen) atoms. The van der Waals surface area contributed by atoms with Crippen molar-refractivity contribution in [3.8, 4) is 11.8 Å². The SMILES string of the molecule is COc1cccc(N2CCC(NCc3ccc(C#N)cc3)CC2)c1. The van der Waals surface area contributed by atoms with Crippen molar-refractivity contribution in [1.29, 1.82) is 5.26 Å². The van der Waals surface area contributed by atoms with Crippen LogP contribution in [0.2, 0.25) is 0 Å². The summed E-state index contributed by atoms with van der Waals surface area (Å²) in [6, 6.07) is 18.8. The summed E-state index contributed by atoms with van der Waals surface area (Å²) < 4.78 is 5.31. The van der Waals surface area contributed by atoms with Gasteiger partial charge in [-0.25, -0.2) is 0 Å². The lowest BCUT2D eigenvalue weighted by atomic mass is 10.0. The molecule has 2 aromatic rings. The molecule has 4 nitrogen and oxygen atoms in total. The van der Waals surface area contributed by atoms with Crippen LogP contribution in [-0.2, 0) is 6.54 Å². The summed E-state index contributed by atoms with van der Waals surface area (Å²) in [7, 11) is 1.71. The molecule has 1 aliphatic heterocycles. The van der Waals surface area contributed by atoms with Crippen LogP contribution in [0.3, 0.4) is 0 Å². The van der Waals surface area contributed by atoms with E-state index in [2.05, 4.69) is 28.4 Å². The minimum absolute atomic E-state index is 0.544. The molecular weight excluding hydrogens is 298 g/mol. The van der Waals surface area contributed by atoms with Gasteiger partial charge in [-0.05, 0) is 42.7 Å². The average Bonchev–Trinajstić information content (AvgIpc) is 2.67. The minimum atomic E-state index is 0.544. The fraction of sp³-hybridized carbons (Fsp3) is 0.350. The molecule has 1 N–H and O–H groups in total. The van der Waals surface area contributed by atoms with Crippen molar-refractivity contribution in [2.75, 3.05) is 25.1 Å². The molecule has 3 rings (SSSR count). The molecule has 124 valence electrons. The van der Waals surface area contributed by atoms with E-state index in [1.54, 1.807) is 7.11 Å². The van der Waals surface area contributed by atoms with Crippen molar-refractivity contribution in [2.24, 2.45) is 0 Å². The largest absolute Gasteiger partial charge is 0.497 e. The number of methoxy groups -OCH3 is 1. The van der Waals surface area contributed by atoms with Gasteiger partial charge in [0, 0.05) is 37.4 Å². The first-order chi connectivity index (χ1) is 11.8. The molecule has 0 saturated carbocycles. The van der Waals surface area contributed by atoms with Crippen molar-refractivity contribution in [1.82, 2.24) is 5.32 Å². The van der Waals surface area contributed by atoms with Gasteiger partial charge in [0.05, 0.1) is 18.7 Å². The lowest BCUT2D eigenvalue weighted by molar-refractivity contribution is 0.409. The van der Waals surface area contributed by atoms with Crippen LogP contribution in [0.1, 0.15) is 24.0 Å². The highest BCUT2D eigenvalue weighted by Gasteiger charge is 2.19. The van der Waals surface area contributed by atoms with Crippen LogP contribution in [0.25, 0.3) is 0 Å². The Hall–Kier alpha value is -2.51. The molecule has 0 unspecified atom stereocenters. The van der Waals surface area contributed by atoms with Gasteiger partial charge in [0.1, 0.15) is 5.75 Å². The number of piperidine rings is 1. The van der Waals surface area contributed by atoms with Gasteiger partial charge >= 0.3 is 0 Å². The summed E-state index contributed by atoms with van der Waals surface area (Å²) in [6.07, 6.45) is 2.26. The van der Waals surface area contributed by atoms with Crippen molar-refractivity contribution in [2.45, 2.75) is 25.4 Å². The molecule has 1 heterocycles. The Morgan fingerprint density at radius 1 is 1.17 bits per heavy atom. The van der Waals surface area contributed by atoms with Crippen LogP contribution >= 0.6 is 0 Å². The van der Waals surface area contributed by atoms with E-state index in [4.69, 9.17) is 10.00 Å². The highest BCUT2D eigenvalue weighted by molar-refractivity contribution is 5.51. The highest BCUT2D eigenvalue weighted by Crippen LogP contribution is 2.24. The zero-order chi connectivity index (χ0) is 16.8. The van der Waals surface area contributed by atoms with Gasteiger partial charge in [-0.2, -0.15) is 5.26 Å². The van der Waals surface area contributed by atoms with Gasteiger partial charge in [0.15, 0.2) is 0 Å².